The van der Waals surface area contributed by atoms with Gasteiger partial charge < -0.3 is 20.5 Å². The van der Waals surface area contributed by atoms with Gasteiger partial charge in [0.05, 0.1) is 12.6 Å². The molecule has 2 aromatic rings. The van der Waals surface area contributed by atoms with E-state index in [-0.39, 0.29) is 5.91 Å². The van der Waals surface area contributed by atoms with Crippen LogP contribution >= 0.6 is 0 Å². The molecule has 6 heteroatoms. The van der Waals surface area contributed by atoms with Gasteiger partial charge >= 0.3 is 0 Å². The highest BCUT2D eigenvalue weighted by Gasteiger charge is 2.12. The molecule has 0 aliphatic heterocycles. The van der Waals surface area contributed by atoms with E-state index in [1.165, 1.54) is 0 Å². The molecule has 0 saturated carbocycles. The van der Waals surface area contributed by atoms with Crippen LogP contribution in [0.2, 0.25) is 0 Å². The Balaban J connectivity index is 2.14. The van der Waals surface area contributed by atoms with Crippen LogP contribution in [-0.2, 0) is 11.3 Å². The van der Waals surface area contributed by atoms with Crippen molar-refractivity contribution >= 4 is 5.91 Å². The molecule has 1 unspecified atom stereocenters. The lowest BCUT2D eigenvalue weighted by atomic mass is 10.2. The number of hydrogen-bond acceptors (Lipinski definition) is 5. The number of hydrogen-bond donors (Lipinski definition) is 2. The van der Waals surface area contributed by atoms with Crippen molar-refractivity contribution in [3.8, 4) is 17.4 Å². The van der Waals surface area contributed by atoms with E-state index in [1.807, 2.05) is 37.3 Å². The largest absolute Gasteiger partial charge is 0.490 e. The van der Waals surface area contributed by atoms with E-state index >= 15 is 0 Å². The molecule has 1 amide bonds. The molecule has 1 atom stereocenters. The lowest BCUT2D eigenvalue weighted by Gasteiger charge is -2.14. The third-order valence-corrected chi connectivity index (χ3v) is 3.23. The highest BCUT2D eigenvalue weighted by atomic mass is 16.5. The molecule has 0 saturated heterocycles. The van der Waals surface area contributed by atoms with Crippen LogP contribution < -0.4 is 20.5 Å². The maximum absolute atomic E-state index is 11.6. The summed E-state index contributed by atoms with van der Waals surface area (Å²) in [6.45, 7) is 4.58. The van der Waals surface area contributed by atoms with E-state index in [2.05, 4.69) is 10.3 Å². The van der Waals surface area contributed by atoms with Crippen molar-refractivity contribution in [2.45, 2.75) is 32.9 Å². The molecule has 0 bridgehead atoms. The summed E-state index contributed by atoms with van der Waals surface area (Å²) in [7, 11) is 0. The molecule has 1 heterocycles. The zero-order valence-electron chi connectivity index (χ0n) is 14.0. The van der Waals surface area contributed by atoms with Gasteiger partial charge in [-0.25, -0.2) is 4.98 Å². The van der Waals surface area contributed by atoms with Gasteiger partial charge in [0.25, 0.3) is 0 Å². The smallest absolute Gasteiger partial charge is 0.236 e. The molecule has 0 spiro atoms. The topological polar surface area (TPSA) is 86.5 Å². The summed E-state index contributed by atoms with van der Waals surface area (Å²) in [4.78, 5) is 15.9. The van der Waals surface area contributed by atoms with Crippen LogP contribution in [-0.4, -0.2) is 23.5 Å². The van der Waals surface area contributed by atoms with Crippen molar-refractivity contribution in [3.05, 3.63) is 48.2 Å². The van der Waals surface area contributed by atoms with Gasteiger partial charge in [0.2, 0.25) is 11.8 Å². The summed E-state index contributed by atoms with van der Waals surface area (Å²) in [5.74, 6) is 1.45. The van der Waals surface area contributed by atoms with Gasteiger partial charge in [-0.05, 0) is 31.5 Å². The van der Waals surface area contributed by atoms with Crippen LogP contribution in [0.1, 0.15) is 25.8 Å². The minimum absolute atomic E-state index is 0.225. The van der Waals surface area contributed by atoms with Gasteiger partial charge in [-0.15, -0.1) is 0 Å². The third-order valence-electron chi connectivity index (χ3n) is 3.23. The minimum atomic E-state index is -0.561. The maximum atomic E-state index is 11.6. The first-order chi connectivity index (χ1) is 11.6. The maximum Gasteiger partial charge on any atom is 0.236 e. The van der Waals surface area contributed by atoms with Gasteiger partial charge in [-0.2, -0.15) is 0 Å². The quantitative estimate of drug-likeness (QED) is 0.777. The van der Waals surface area contributed by atoms with Crippen molar-refractivity contribution in [2.75, 3.05) is 6.61 Å². The highest BCUT2D eigenvalue weighted by Crippen LogP contribution is 2.31. The number of ether oxygens (including phenoxy) is 2. The SMILES string of the molecule is CCCOc1ccccc1Oc1ncccc1CNC(=O)C(C)N. The predicted octanol–water partition coefficient (Wildman–Crippen LogP) is 2.63. The van der Waals surface area contributed by atoms with E-state index in [0.29, 0.717) is 30.5 Å². The second kappa shape index (κ2) is 8.88. The Morgan fingerprint density at radius 1 is 1.25 bits per heavy atom. The van der Waals surface area contributed by atoms with E-state index in [4.69, 9.17) is 15.2 Å². The summed E-state index contributed by atoms with van der Waals surface area (Å²) in [5.41, 5.74) is 6.31. The Morgan fingerprint density at radius 2 is 2.00 bits per heavy atom. The van der Waals surface area contributed by atoms with Crippen LogP contribution in [0.15, 0.2) is 42.6 Å². The standard InChI is InChI=1S/C18H23N3O3/c1-3-11-23-15-8-4-5-9-16(15)24-18-14(7-6-10-20-18)12-21-17(22)13(2)19/h4-10,13H,3,11-12,19H2,1-2H3,(H,21,22). The van der Waals surface area contributed by atoms with Gasteiger partial charge in [-0.1, -0.05) is 25.1 Å². The second-order valence-electron chi connectivity index (χ2n) is 5.37. The monoisotopic (exact) mass is 329 g/mol. The molecule has 3 N–H and O–H groups in total. The zero-order chi connectivity index (χ0) is 17.4. The Labute approximate surface area is 142 Å². The van der Waals surface area contributed by atoms with Gasteiger partial charge in [0.15, 0.2) is 11.5 Å². The van der Waals surface area contributed by atoms with Crippen molar-refractivity contribution in [2.24, 2.45) is 5.73 Å². The normalized spacial score (nSPS) is 11.6. The van der Waals surface area contributed by atoms with E-state index in [1.54, 1.807) is 19.2 Å². The fourth-order valence-corrected chi connectivity index (χ4v) is 1.96. The number of rotatable bonds is 8. The number of amides is 1. The summed E-state index contributed by atoms with van der Waals surface area (Å²) >= 11 is 0. The van der Waals surface area contributed by atoms with Gasteiger partial charge in [0.1, 0.15) is 0 Å². The molecular weight excluding hydrogens is 306 g/mol. The van der Waals surface area contributed by atoms with Gasteiger partial charge in [-0.3, -0.25) is 4.79 Å². The summed E-state index contributed by atoms with van der Waals surface area (Å²) in [6.07, 6.45) is 2.55. The Morgan fingerprint density at radius 3 is 2.71 bits per heavy atom. The fourth-order valence-electron chi connectivity index (χ4n) is 1.96. The van der Waals surface area contributed by atoms with Crippen molar-refractivity contribution < 1.29 is 14.3 Å². The first-order valence-electron chi connectivity index (χ1n) is 7.98. The van der Waals surface area contributed by atoms with Gasteiger partial charge in [0, 0.05) is 18.3 Å². The Kier molecular flexibility index (Phi) is 6.57. The molecule has 24 heavy (non-hydrogen) atoms. The van der Waals surface area contributed by atoms with Crippen molar-refractivity contribution in [1.82, 2.24) is 10.3 Å². The number of para-hydroxylation sites is 2. The second-order valence-corrected chi connectivity index (χ2v) is 5.37. The first-order valence-corrected chi connectivity index (χ1v) is 7.98. The molecule has 1 aromatic heterocycles. The number of aromatic nitrogens is 1. The number of carbonyl (C=O) groups is 1. The average molecular weight is 329 g/mol. The number of pyridine rings is 1. The zero-order valence-corrected chi connectivity index (χ0v) is 14.0. The fraction of sp³-hybridized carbons (Fsp3) is 0.333. The minimum Gasteiger partial charge on any atom is -0.490 e. The lowest BCUT2D eigenvalue weighted by molar-refractivity contribution is -0.122. The molecule has 1 aromatic carbocycles. The van der Waals surface area contributed by atoms with E-state index in [0.717, 1.165) is 12.0 Å². The Bertz CT molecular complexity index is 674. The molecular formula is C18H23N3O3. The average Bonchev–Trinajstić information content (AvgIpc) is 2.59. The molecule has 0 aliphatic carbocycles. The highest BCUT2D eigenvalue weighted by molar-refractivity contribution is 5.80. The molecule has 6 nitrogen and oxygen atoms in total. The Hall–Kier alpha value is -2.60. The predicted molar refractivity (Wildman–Crippen MR) is 92.0 cm³/mol. The van der Waals surface area contributed by atoms with E-state index in [9.17, 15) is 4.79 Å². The molecule has 0 fully saturated rings. The van der Waals surface area contributed by atoms with Crippen LogP contribution in [0.5, 0.6) is 17.4 Å². The summed E-state index contributed by atoms with van der Waals surface area (Å²) in [6, 6.07) is 10.5. The summed E-state index contributed by atoms with van der Waals surface area (Å²) < 4.78 is 11.6. The summed E-state index contributed by atoms with van der Waals surface area (Å²) in [5, 5.41) is 2.76. The van der Waals surface area contributed by atoms with Crippen LogP contribution in [0.4, 0.5) is 0 Å². The van der Waals surface area contributed by atoms with Crippen LogP contribution in [0.3, 0.4) is 0 Å². The number of nitrogens with one attached hydrogen (secondary N) is 1. The van der Waals surface area contributed by atoms with Crippen LogP contribution in [0.25, 0.3) is 0 Å². The van der Waals surface area contributed by atoms with Crippen molar-refractivity contribution in [1.29, 1.82) is 0 Å². The van der Waals surface area contributed by atoms with Crippen LogP contribution in [0, 0.1) is 0 Å². The molecule has 0 radical (unpaired) electrons. The first kappa shape index (κ1) is 17.7. The van der Waals surface area contributed by atoms with Crippen molar-refractivity contribution in [3.63, 3.8) is 0 Å². The van der Waals surface area contributed by atoms with E-state index < -0.39 is 6.04 Å². The number of carbonyl (C=O) groups excluding carboxylic acids is 1. The number of benzene rings is 1. The molecule has 0 aliphatic rings. The molecule has 128 valence electrons. The lowest BCUT2D eigenvalue weighted by Crippen LogP contribution is -2.37. The number of nitrogens with two attached hydrogens (primary N) is 1. The third kappa shape index (κ3) is 4.96. The molecule has 2 rings (SSSR count). The number of nitrogens with zero attached hydrogens (tertiary/aromatic N) is 1.